The van der Waals surface area contributed by atoms with Crippen molar-refractivity contribution in [2.24, 2.45) is 0 Å². The fraction of sp³-hybridized carbons (Fsp3) is 0.0714. The predicted octanol–water partition coefficient (Wildman–Crippen LogP) is 3.24. The summed E-state index contributed by atoms with van der Waals surface area (Å²) in [4.78, 5) is 7.44. The fourth-order valence-corrected chi connectivity index (χ4v) is 2.05. The summed E-state index contributed by atoms with van der Waals surface area (Å²) in [5.74, 6) is 0.954. The molecular formula is C14H12N2O. The van der Waals surface area contributed by atoms with E-state index in [1.54, 1.807) is 12.3 Å². The Morgan fingerprint density at radius 3 is 2.71 bits per heavy atom. The molecule has 0 saturated heterocycles. The van der Waals surface area contributed by atoms with Crippen molar-refractivity contribution >= 4 is 10.8 Å². The Balaban J connectivity index is 2.38. The lowest BCUT2D eigenvalue weighted by atomic mass is 10.0. The Morgan fingerprint density at radius 1 is 1.12 bits per heavy atom. The highest BCUT2D eigenvalue weighted by molar-refractivity contribution is 5.98. The number of hydrogen-bond acceptors (Lipinski definition) is 2. The first-order chi connectivity index (χ1) is 8.25. The molecule has 2 aromatic carbocycles. The third-order valence-electron chi connectivity index (χ3n) is 2.85. The van der Waals surface area contributed by atoms with Crippen LogP contribution in [0, 0.1) is 6.92 Å². The summed E-state index contributed by atoms with van der Waals surface area (Å²) in [5, 5.41) is 12.1. The number of H-pyrrole nitrogens is 1. The molecule has 17 heavy (non-hydrogen) atoms. The van der Waals surface area contributed by atoms with Crippen molar-refractivity contribution in [1.29, 1.82) is 0 Å². The van der Waals surface area contributed by atoms with Crippen LogP contribution in [-0.4, -0.2) is 15.1 Å². The molecule has 0 radical (unpaired) electrons. The summed E-state index contributed by atoms with van der Waals surface area (Å²) in [6, 6.07) is 11.6. The van der Waals surface area contributed by atoms with E-state index < -0.39 is 0 Å². The Hall–Kier alpha value is -2.29. The molecule has 1 aromatic heterocycles. The third kappa shape index (κ3) is 1.56. The standard InChI is InChI=1S/C14H12N2O/c1-9-8-15-14(16-9)13-11-5-3-2-4-10(11)6-7-12(13)17/h2-8,17H,1H3,(H,15,16). The molecule has 0 unspecified atom stereocenters. The SMILES string of the molecule is Cc1cnc(-c2c(O)ccc3ccccc23)[nH]1. The molecule has 0 spiro atoms. The number of nitrogens with zero attached hydrogens (tertiary/aromatic N) is 1. The molecule has 0 amide bonds. The largest absolute Gasteiger partial charge is 0.507 e. The van der Waals surface area contributed by atoms with Gasteiger partial charge in [-0.15, -0.1) is 0 Å². The Morgan fingerprint density at radius 2 is 1.94 bits per heavy atom. The highest BCUT2D eigenvalue weighted by Crippen LogP contribution is 2.34. The van der Waals surface area contributed by atoms with Crippen LogP contribution in [0.2, 0.25) is 0 Å². The van der Waals surface area contributed by atoms with Gasteiger partial charge in [-0.3, -0.25) is 0 Å². The van der Waals surface area contributed by atoms with Crippen LogP contribution >= 0.6 is 0 Å². The molecule has 0 aliphatic heterocycles. The van der Waals surface area contributed by atoms with E-state index in [9.17, 15) is 5.11 Å². The maximum atomic E-state index is 10.0. The first kappa shape index (κ1) is 9.90. The van der Waals surface area contributed by atoms with Crippen LogP contribution in [0.4, 0.5) is 0 Å². The van der Waals surface area contributed by atoms with Gasteiger partial charge in [0, 0.05) is 11.9 Å². The first-order valence-corrected chi connectivity index (χ1v) is 5.48. The lowest BCUT2D eigenvalue weighted by molar-refractivity contribution is 0.477. The maximum Gasteiger partial charge on any atom is 0.141 e. The van der Waals surface area contributed by atoms with E-state index in [-0.39, 0.29) is 5.75 Å². The van der Waals surface area contributed by atoms with Crippen LogP contribution in [0.25, 0.3) is 22.2 Å². The molecule has 1 heterocycles. The van der Waals surface area contributed by atoms with Gasteiger partial charge >= 0.3 is 0 Å². The number of aromatic nitrogens is 2. The van der Waals surface area contributed by atoms with E-state index in [0.29, 0.717) is 5.82 Å². The molecule has 3 nitrogen and oxygen atoms in total. The number of aromatic hydroxyl groups is 1. The van der Waals surface area contributed by atoms with E-state index in [0.717, 1.165) is 22.0 Å². The van der Waals surface area contributed by atoms with Crippen LogP contribution in [-0.2, 0) is 0 Å². The monoisotopic (exact) mass is 224 g/mol. The van der Waals surface area contributed by atoms with Crippen molar-refractivity contribution in [3.8, 4) is 17.1 Å². The number of aromatic amines is 1. The second-order valence-corrected chi connectivity index (χ2v) is 4.10. The summed E-state index contributed by atoms with van der Waals surface area (Å²) >= 11 is 0. The van der Waals surface area contributed by atoms with E-state index in [1.807, 2.05) is 37.3 Å². The molecule has 0 bridgehead atoms. The van der Waals surface area contributed by atoms with Crippen molar-refractivity contribution in [2.45, 2.75) is 6.92 Å². The van der Waals surface area contributed by atoms with Crippen LogP contribution in [0.15, 0.2) is 42.6 Å². The number of aryl methyl sites for hydroxylation is 1. The zero-order valence-electron chi connectivity index (χ0n) is 9.44. The van der Waals surface area contributed by atoms with Gasteiger partial charge in [0.25, 0.3) is 0 Å². The van der Waals surface area contributed by atoms with Crippen LogP contribution in [0.1, 0.15) is 5.69 Å². The quantitative estimate of drug-likeness (QED) is 0.666. The van der Waals surface area contributed by atoms with E-state index >= 15 is 0 Å². The van der Waals surface area contributed by atoms with E-state index in [1.165, 1.54) is 0 Å². The molecule has 0 saturated carbocycles. The molecule has 3 rings (SSSR count). The van der Waals surface area contributed by atoms with Crippen molar-refractivity contribution < 1.29 is 5.11 Å². The van der Waals surface area contributed by atoms with Gasteiger partial charge in [-0.1, -0.05) is 30.3 Å². The Kier molecular flexibility index (Phi) is 2.11. The normalized spacial score (nSPS) is 10.9. The van der Waals surface area contributed by atoms with Gasteiger partial charge in [0.1, 0.15) is 11.6 Å². The highest BCUT2D eigenvalue weighted by atomic mass is 16.3. The predicted molar refractivity (Wildman–Crippen MR) is 67.9 cm³/mol. The minimum Gasteiger partial charge on any atom is -0.507 e. The van der Waals surface area contributed by atoms with Gasteiger partial charge in [-0.2, -0.15) is 0 Å². The molecule has 84 valence electrons. The zero-order chi connectivity index (χ0) is 11.8. The highest BCUT2D eigenvalue weighted by Gasteiger charge is 2.11. The average Bonchev–Trinajstić information content (AvgIpc) is 2.75. The summed E-state index contributed by atoms with van der Waals surface area (Å²) < 4.78 is 0. The van der Waals surface area contributed by atoms with Gasteiger partial charge in [-0.05, 0) is 23.8 Å². The number of nitrogens with one attached hydrogen (secondary N) is 1. The van der Waals surface area contributed by atoms with Crippen LogP contribution < -0.4 is 0 Å². The van der Waals surface area contributed by atoms with Crippen molar-refractivity contribution in [3.63, 3.8) is 0 Å². The second kappa shape index (κ2) is 3.63. The minimum absolute atomic E-state index is 0.248. The average molecular weight is 224 g/mol. The summed E-state index contributed by atoms with van der Waals surface area (Å²) in [5.41, 5.74) is 1.74. The fourth-order valence-electron chi connectivity index (χ4n) is 2.05. The smallest absolute Gasteiger partial charge is 0.141 e. The molecule has 2 N–H and O–H groups in total. The van der Waals surface area contributed by atoms with Crippen LogP contribution in [0.5, 0.6) is 5.75 Å². The molecule has 0 aliphatic carbocycles. The molecular weight excluding hydrogens is 212 g/mol. The van der Waals surface area contributed by atoms with Crippen molar-refractivity contribution in [3.05, 3.63) is 48.3 Å². The number of hydrogen-bond donors (Lipinski definition) is 2. The molecule has 0 atom stereocenters. The van der Waals surface area contributed by atoms with E-state index in [4.69, 9.17) is 0 Å². The minimum atomic E-state index is 0.248. The number of rotatable bonds is 1. The molecule has 3 heteroatoms. The van der Waals surface area contributed by atoms with Gasteiger partial charge in [0.2, 0.25) is 0 Å². The van der Waals surface area contributed by atoms with Crippen molar-refractivity contribution in [1.82, 2.24) is 9.97 Å². The van der Waals surface area contributed by atoms with Crippen molar-refractivity contribution in [2.75, 3.05) is 0 Å². The number of phenolic OH excluding ortho intramolecular Hbond substituents is 1. The Bertz CT molecular complexity index is 686. The summed E-state index contributed by atoms with van der Waals surface area (Å²) in [6.07, 6.45) is 1.76. The zero-order valence-corrected chi connectivity index (χ0v) is 9.44. The molecule has 0 fully saturated rings. The van der Waals surface area contributed by atoms with Crippen LogP contribution in [0.3, 0.4) is 0 Å². The van der Waals surface area contributed by atoms with Gasteiger partial charge < -0.3 is 10.1 Å². The Labute approximate surface area is 98.8 Å². The number of benzene rings is 2. The van der Waals surface area contributed by atoms with E-state index in [2.05, 4.69) is 9.97 Å². The first-order valence-electron chi connectivity index (χ1n) is 5.48. The number of phenols is 1. The number of imidazole rings is 1. The summed E-state index contributed by atoms with van der Waals surface area (Å²) in [7, 11) is 0. The lowest BCUT2D eigenvalue weighted by Crippen LogP contribution is -1.85. The number of fused-ring (bicyclic) bond motifs is 1. The van der Waals surface area contributed by atoms with Gasteiger partial charge in [0.15, 0.2) is 0 Å². The van der Waals surface area contributed by atoms with Gasteiger partial charge in [0.05, 0.1) is 5.56 Å². The topological polar surface area (TPSA) is 48.9 Å². The lowest BCUT2D eigenvalue weighted by Gasteiger charge is -2.06. The second-order valence-electron chi connectivity index (χ2n) is 4.10. The third-order valence-corrected chi connectivity index (χ3v) is 2.85. The van der Waals surface area contributed by atoms with Gasteiger partial charge in [-0.25, -0.2) is 4.98 Å². The maximum absolute atomic E-state index is 10.0. The summed E-state index contributed by atoms with van der Waals surface area (Å²) in [6.45, 7) is 1.94. The molecule has 0 aliphatic rings. The molecule has 3 aromatic rings.